The van der Waals surface area contributed by atoms with Crippen LogP contribution < -0.4 is 0 Å². The second-order valence-corrected chi connectivity index (χ2v) is 8.95. The number of aromatic nitrogens is 1. The van der Waals surface area contributed by atoms with Gasteiger partial charge >= 0.3 is 0 Å². The van der Waals surface area contributed by atoms with Gasteiger partial charge in [-0.1, -0.05) is 78.4 Å². The molecule has 6 heteroatoms. The summed E-state index contributed by atoms with van der Waals surface area (Å²) in [6, 6.07) is 25.0. The number of rotatable bonds is 3. The molecule has 34 heavy (non-hydrogen) atoms. The highest BCUT2D eigenvalue weighted by atomic mass is 16.2. The second kappa shape index (κ2) is 7.99. The van der Waals surface area contributed by atoms with E-state index in [1.54, 1.807) is 11.1 Å². The average Bonchev–Trinajstić information content (AvgIpc) is 3.24. The zero-order valence-electron chi connectivity index (χ0n) is 18.8. The number of carbonyl (C=O) groups is 2. The number of piperazine rings is 1. The third-order valence-corrected chi connectivity index (χ3v) is 6.78. The Kier molecular flexibility index (Phi) is 4.80. The standard InChI is InChI=1S/C28H24N4O2/c1-18-11-13-19(14-12-18)16-29-31-17-25(33)32-24(28(31)34)15-22-21-9-5-6-10-23(21)30-26(22)27(32)20-7-3-2-4-8-20/h2-14,16,24,27,30H,15,17H2,1H3/b29-16+/t24-,27?/m0/s1. The number of aryl methyl sites for hydroxylation is 1. The molecule has 2 amide bonds. The van der Waals surface area contributed by atoms with Crippen LogP contribution in [0.1, 0.15) is 34.0 Å². The van der Waals surface area contributed by atoms with Gasteiger partial charge in [-0.15, -0.1) is 0 Å². The highest BCUT2D eigenvalue weighted by Gasteiger charge is 2.48. The SMILES string of the molecule is Cc1ccc(/C=N/N2CC(=O)N3C(c4ccccc4)c4[nH]c5ccccc5c4C[C@H]3C2=O)cc1. The average molecular weight is 449 g/mol. The van der Waals surface area contributed by atoms with Crippen molar-refractivity contribution in [2.24, 2.45) is 5.10 Å². The lowest BCUT2D eigenvalue weighted by Crippen LogP contribution is -2.61. The quantitative estimate of drug-likeness (QED) is 0.478. The molecule has 1 unspecified atom stereocenters. The fourth-order valence-electron chi connectivity index (χ4n) is 5.12. The van der Waals surface area contributed by atoms with Crippen LogP contribution in [0.2, 0.25) is 0 Å². The summed E-state index contributed by atoms with van der Waals surface area (Å²) in [5.41, 5.74) is 6.12. The summed E-state index contributed by atoms with van der Waals surface area (Å²) in [6.45, 7) is 1.95. The second-order valence-electron chi connectivity index (χ2n) is 8.95. The van der Waals surface area contributed by atoms with Gasteiger partial charge in [0.15, 0.2) is 0 Å². The van der Waals surface area contributed by atoms with E-state index in [1.165, 1.54) is 5.01 Å². The van der Waals surface area contributed by atoms with Crippen molar-refractivity contribution in [3.8, 4) is 0 Å². The lowest BCUT2D eigenvalue weighted by atomic mass is 9.86. The molecular weight excluding hydrogens is 424 g/mol. The van der Waals surface area contributed by atoms with E-state index in [1.807, 2.05) is 79.7 Å². The van der Waals surface area contributed by atoms with Gasteiger partial charge in [0.1, 0.15) is 12.6 Å². The first-order chi connectivity index (χ1) is 16.6. The predicted molar refractivity (Wildman–Crippen MR) is 131 cm³/mol. The third kappa shape index (κ3) is 3.30. The van der Waals surface area contributed by atoms with E-state index in [4.69, 9.17) is 0 Å². The molecule has 6 nitrogen and oxygen atoms in total. The maximum absolute atomic E-state index is 13.6. The maximum atomic E-state index is 13.6. The van der Waals surface area contributed by atoms with Gasteiger partial charge in [0.05, 0.1) is 12.3 Å². The Labute approximate surface area is 197 Å². The number of hydrogen-bond acceptors (Lipinski definition) is 3. The minimum Gasteiger partial charge on any atom is -0.356 e. The van der Waals surface area contributed by atoms with Crippen LogP contribution in [0.4, 0.5) is 0 Å². The Morgan fingerprint density at radius 1 is 0.941 bits per heavy atom. The monoisotopic (exact) mass is 448 g/mol. The smallest absolute Gasteiger partial charge is 0.266 e. The van der Waals surface area contributed by atoms with E-state index < -0.39 is 6.04 Å². The molecule has 6 rings (SSSR count). The van der Waals surface area contributed by atoms with Gasteiger partial charge in [0.2, 0.25) is 5.91 Å². The number of carbonyl (C=O) groups excluding carboxylic acids is 2. The Morgan fingerprint density at radius 2 is 1.68 bits per heavy atom. The summed E-state index contributed by atoms with van der Waals surface area (Å²) in [7, 11) is 0. The van der Waals surface area contributed by atoms with Crippen molar-refractivity contribution in [1.29, 1.82) is 0 Å². The summed E-state index contributed by atoms with van der Waals surface area (Å²) in [5.74, 6) is -0.261. The van der Waals surface area contributed by atoms with Crippen LogP contribution in [-0.2, 0) is 16.0 Å². The van der Waals surface area contributed by atoms with Gasteiger partial charge in [-0.05, 0) is 29.7 Å². The molecular formula is C28H24N4O2. The van der Waals surface area contributed by atoms with E-state index in [9.17, 15) is 9.59 Å². The normalized spacial score (nSPS) is 20.1. The van der Waals surface area contributed by atoms with Crippen LogP contribution in [0.3, 0.4) is 0 Å². The van der Waals surface area contributed by atoms with E-state index in [0.29, 0.717) is 6.42 Å². The number of nitrogens with zero attached hydrogens (tertiary/aromatic N) is 3. The van der Waals surface area contributed by atoms with Crippen molar-refractivity contribution < 1.29 is 9.59 Å². The number of aromatic amines is 1. The van der Waals surface area contributed by atoms with Gasteiger partial charge in [-0.3, -0.25) is 9.59 Å². The molecule has 0 spiro atoms. The Hall–Kier alpha value is -4.19. The van der Waals surface area contributed by atoms with Crippen LogP contribution in [0.15, 0.2) is 84.0 Å². The van der Waals surface area contributed by atoms with Gasteiger partial charge in [-0.25, -0.2) is 5.01 Å². The van der Waals surface area contributed by atoms with E-state index in [0.717, 1.165) is 38.9 Å². The molecule has 3 aromatic carbocycles. The number of para-hydroxylation sites is 1. The minimum atomic E-state index is -0.603. The highest BCUT2D eigenvalue weighted by Crippen LogP contribution is 2.42. The maximum Gasteiger partial charge on any atom is 0.266 e. The Morgan fingerprint density at radius 3 is 2.47 bits per heavy atom. The number of hydrazone groups is 1. The molecule has 1 saturated heterocycles. The molecule has 2 aliphatic heterocycles. The Balaban J connectivity index is 1.42. The van der Waals surface area contributed by atoms with E-state index in [-0.39, 0.29) is 24.4 Å². The van der Waals surface area contributed by atoms with E-state index >= 15 is 0 Å². The fraction of sp³-hybridized carbons (Fsp3) is 0.179. The summed E-state index contributed by atoms with van der Waals surface area (Å²) in [6.07, 6.45) is 2.11. The molecule has 4 aromatic rings. The van der Waals surface area contributed by atoms with Crippen molar-refractivity contribution in [2.45, 2.75) is 25.4 Å². The molecule has 0 radical (unpaired) electrons. The molecule has 3 heterocycles. The highest BCUT2D eigenvalue weighted by molar-refractivity contribution is 5.98. The van der Waals surface area contributed by atoms with Gasteiger partial charge < -0.3 is 9.88 Å². The molecule has 2 atom stereocenters. The summed E-state index contributed by atoms with van der Waals surface area (Å²) in [5, 5.41) is 6.83. The number of H-pyrrole nitrogens is 1. The van der Waals surface area contributed by atoms with Gasteiger partial charge in [0.25, 0.3) is 5.91 Å². The molecule has 168 valence electrons. The van der Waals surface area contributed by atoms with Crippen LogP contribution in [0, 0.1) is 6.92 Å². The zero-order valence-corrected chi connectivity index (χ0v) is 18.8. The van der Waals surface area contributed by atoms with Crippen LogP contribution in [0.5, 0.6) is 0 Å². The van der Waals surface area contributed by atoms with Crippen molar-refractivity contribution >= 4 is 28.9 Å². The first-order valence-corrected chi connectivity index (χ1v) is 11.5. The zero-order chi connectivity index (χ0) is 23.2. The molecule has 1 fully saturated rings. The van der Waals surface area contributed by atoms with E-state index in [2.05, 4.69) is 16.2 Å². The number of benzene rings is 3. The third-order valence-electron chi connectivity index (χ3n) is 6.78. The topological polar surface area (TPSA) is 68.8 Å². The number of hydrogen-bond donors (Lipinski definition) is 1. The molecule has 0 aliphatic carbocycles. The number of nitrogens with one attached hydrogen (secondary N) is 1. The molecule has 1 N–H and O–H groups in total. The molecule has 1 aromatic heterocycles. The fourth-order valence-corrected chi connectivity index (χ4v) is 5.12. The van der Waals surface area contributed by atoms with Crippen LogP contribution in [-0.4, -0.2) is 45.5 Å². The largest absolute Gasteiger partial charge is 0.356 e. The van der Waals surface area contributed by atoms with Gasteiger partial charge in [-0.2, -0.15) is 5.10 Å². The summed E-state index contributed by atoms with van der Waals surface area (Å²) < 4.78 is 0. The lowest BCUT2D eigenvalue weighted by Gasteiger charge is -2.45. The van der Waals surface area contributed by atoms with Crippen molar-refractivity contribution in [2.75, 3.05) is 6.54 Å². The molecule has 0 saturated carbocycles. The minimum absolute atomic E-state index is 0.0728. The first-order valence-electron chi connectivity index (χ1n) is 11.5. The Bertz CT molecular complexity index is 1420. The predicted octanol–water partition coefficient (Wildman–Crippen LogP) is 4.20. The van der Waals surface area contributed by atoms with Gasteiger partial charge in [0, 0.05) is 23.0 Å². The molecule has 0 bridgehead atoms. The summed E-state index contributed by atoms with van der Waals surface area (Å²) in [4.78, 5) is 32.4. The lowest BCUT2D eigenvalue weighted by molar-refractivity contribution is -0.158. The number of fused-ring (bicyclic) bond motifs is 4. The van der Waals surface area contributed by atoms with Crippen molar-refractivity contribution in [3.05, 3.63) is 107 Å². The first kappa shape index (κ1) is 20.4. The molecule has 2 aliphatic rings. The van der Waals surface area contributed by atoms with Crippen molar-refractivity contribution in [1.82, 2.24) is 14.9 Å². The number of amides is 2. The van der Waals surface area contributed by atoms with Crippen LogP contribution in [0.25, 0.3) is 10.9 Å². The van der Waals surface area contributed by atoms with Crippen LogP contribution >= 0.6 is 0 Å². The van der Waals surface area contributed by atoms with Crippen molar-refractivity contribution in [3.63, 3.8) is 0 Å². The summed E-state index contributed by atoms with van der Waals surface area (Å²) >= 11 is 0.